The van der Waals surface area contributed by atoms with Crippen molar-refractivity contribution in [1.29, 1.82) is 0 Å². The molecule has 0 rings (SSSR count). The summed E-state index contributed by atoms with van der Waals surface area (Å²) < 4.78 is 22.7. The second-order valence-corrected chi connectivity index (χ2v) is 20.9. The monoisotopic (exact) mass is 1090 g/mol. The van der Waals surface area contributed by atoms with Gasteiger partial charge >= 0.3 is 11.9 Å². The first-order chi connectivity index (χ1) is 38.6. The van der Waals surface area contributed by atoms with Crippen LogP contribution >= 0.6 is 0 Å². The fraction of sp³-hybridized carbons (Fsp3) is 0.586. The molecule has 79 heavy (non-hydrogen) atoms. The Labute approximate surface area is 483 Å². The van der Waals surface area contributed by atoms with Gasteiger partial charge in [0.2, 0.25) is 0 Å². The summed E-state index contributed by atoms with van der Waals surface area (Å²) in [5.74, 6) is -2.34. The number of nitrogens with zero attached hydrogens (tertiary/aromatic N) is 1. The smallest absolute Gasteiger partial charge is 0.306 e. The first-order valence-corrected chi connectivity index (χ1v) is 30.6. The number of rotatable bonds is 54. The van der Waals surface area contributed by atoms with E-state index in [-0.39, 0.29) is 38.6 Å². The number of likely N-dealkylation sites (N-methyl/N-ethyl adjacent to an activating group) is 1. The Morgan fingerprint density at radius 1 is 0.380 bits per heavy atom. The molecule has 2 atom stereocenters. The number of allylic oxidation sites excluding steroid dienone is 26. The zero-order chi connectivity index (χ0) is 57.6. The number of hydrogen-bond donors (Lipinski definition) is 0. The average Bonchev–Trinajstić information content (AvgIpc) is 3.42. The van der Waals surface area contributed by atoms with Crippen molar-refractivity contribution in [3.63, 3.8) is 0 Å². The highest BCUT2D eigenvalue weighted by atomic mass is 16.7. The molecule has 444 valence electrons. The minimum Gasteiger partial charge on any atom is -0.545 e. The summed E-state index contributed by atoms with van der Waals surface area (Å²) in [5.41, 5.74) is 0. The average molecular weight is 1090 g/mol. The van der Waals surface area contributed by atoms with Crippen LogP contribution in [0.4, 0.5) is 0 Å². The molecule has 0 aliphatic rings. The Morgan fingerprint density at radius 3 is 1.01 bits per heavy atom. The van der Waals surface area contributed by atoms with E-state index in [4.69, 9.17) is 18.9 Å². The number of carbonyl (C=O) groups excluding carboxylic acids is 3. The molecule has 0 fully saturated rings. The van der Waals surface area contributed by atoms with Gasteiger partial charge in [0.15, 0.2) is 12.4 Å². The highest BCUT2D eigenvalue weighted by Gasteiger charge is 2.22. The molecule has 0 saturated carbocycles. The molecule has 0 aromatic carbocycles. The second kappa shape index (κ2) is 59.0. The van der Waals surface area contributed by atoms with E-state index in [1.807, 2.05) is 21.1 Å². The topological polar surface area (TPSA) is 111 Å². The summed E-state index contributed by atoms with van der Waals surface area (Å²) >= 11 is 0. The number of esters is 2. The van der Waals surface area contributed by atoms with Gasteiger partial charge in [0.05, 0.1) is 40.3 Å². The number of carboxylic acid groups (broad SMARTS) is 1. The Morgan fingerprint density at radius 2 is 0.684 bits per heavy atom. The molecule has 0 radical (unpaired) electrons. The van der Waals surface area contributed by atoms with Crippen LogP contribution < -0.4 is 5.11 Å². The maximum Gasteiger partial charge on any atom is 0.306 e. The number of hydrogen-bond acceptors (Lipinski definition) is 8. The SMILES string of the molecule is CC/C=C\C/C=C\C/C=C\C/C=C\C/C=C\C/C=C\C/C=C\CCCCCCCC(=O)OC(COC(=O)CCCCCCCCCC/C=C\C/C=C\C/C=C\C/C=C\C/C=C\C/C=C\CC)COC(OCC[N+](C)(C)C)C(=O)[O-]. The molecular weight excluding hydrogens is 983 g/mol. The van der Waals surface area contributed by atoms with Crippen LogP contribution in [0.1, 0.15) is 206 Å². The number of ether oxygens (including phenoxy) is 4. The third-order valence-corrected chi connectivity index (χ3v) is 12.3. The molecule has 0 aliphatic carbocycles. The van der Waals surface area contributed by atoms with Crippen LogP contribution in [-0.2, 0) is 33.3 Å². The lowest BCUT2D eigenvalue weighted by molar-refractivity contribution is -0.870. The van der Waals surface area contributed by atoms with Crippen molar-refractivity contribution < 1.29 is 42.9 Å². The molecule has 0 saturated heterocycles. The van der Waals surface area contributed by atoms with E-state index in [0.717, 1.165) is 148 Å². The lowest BCUT2D eigenvalue weighted by Gasteiger charge is -2.26. The van der Waals surface area contributed by atoms with Gasteiger partial charge in [-0.1, -0.05) is 230 Å². The predicted molar refractivity (Wildman–Crippen MR) is 333 cm³/mol. The molecule has 0 bridgehead atoms. The molecule has 0 aromatic rings. The van der Waals surface area contributed by atoms with Crippen LogP contribution in [0, 0.1) is 0 Å². The quantitative estimate of drug-likeness (QED) is 0.0195. The van der Waals surface area contributed by atoms with Crippen molar-refractivity contribution in [2.24, 2.45) is 0 Å². The first-order valence-electron chi connectivity index (χ1n) is 30.6. The fourth-order valence-corrected chi connectivity index (χ4v) is 7.64. The number of quaternary nitrogens is 1. The van der Waals surface area contributed by atoms with Crippen molar-refractivity contribution in [2.75, 3.05) is 47.5 Å². The normalized spacial score (nSPS) is 13.9. The van der Waals surface area contributed by atoms with Crippen LogP contribution in [0.2, 0.25) is 0 Å². The molecule has 0 aliphatic heterocycles. The Bertz CT molecular complexity index is 1850. The largest absolute Gasteiger partial charge is 0.545 e. The van der Waals surface area contributed by atoms with Crippen LogP contribution in [0.3, 0.4) is 0 Å². The van der Waals surface area contributed by atoms with Crippen molar-refractivity contribution in [1.82, 2.24) is 0 Å². The van der Waals surface area contributed by atoms with E-state index in [2.05, 4.69) is 172 Å². The third-order valence-electron chi connectivity index (χ3n) is 12.3. The third kappa shape index (κ3) is 60.4. The van der Waals surface area contributed by atoms with E-state index in [1.165, 1.54) is 25.7 Å². The zero-order valence-electron chi connectivity index (χ0n) is 50.4. The van der Waals surface area contributed by atoms with Crippen LogP contribution in [-0.4, -0.2) is 82.3 Å². The van der Waals surface area contributed by atoms with Crippen molar-refractivity contribution in [3.05, 3.63) is 158 Å². The van der Waals surface area contributed by atoms with Gasteiger partial charge in [0.25, 0.3) is 0 Å². The minimum absolute atomic E-state index is 0.132. The lowest BCUT2D eigenvalue weighted by Crippen LogP contribution is -2.44. The molecule has 9 heteroatoms. The van der Waals surface area contributed by atoms with Crippen molar-refractivity contribution >= 4 is 17.9 Å². The Hall–Kier alpha value is -5.09. The standard InChI is InChI=1S/C70H111NO8/c1-6-8-10-12-14-16-18-20-22-24-26-28-30-32-34-36-38-40-42-44-46-48-50-52-54-56-58-60-67(72)77-64-66(65-78-70(69(74)75)76-63-62-71(3,4)5)79-68(73)61-59-57-55-53-51-49-47-45-43-41-39-37-35-33-31-29-27-25-23-21-19-17-15-13-11-9-7-2/h8-11,14-17,20-23,26-29,32-35,38-41,45,47,66,70H,6-7,12-13,18-19,24-25,30-31,36-37,42-44,46,48-65H2,1-5H3/b10-8-,11-9-,16-14-,17-15-,22-20-,23-21-,28-26-,29-27-,34-32-,35-33-,40-38-,41-39-,47-45-. The number of carboxylic acids is 1. The number of unbranched alkanes of at least 4 members (excludes halogenated alkanes) is 13. The van der Waals surface area contributed by atoms with E-state index < -0.39 is 24.3 Å². The summed E-state index contributed by atoms with van der Waals surface area (Å²) in [6.07, 6.45) is 84.3. The highest BCUT2D eigenvalue weighted by Crippen LogP contribution is 2.14. The Kier molecular flexibility index (Phi) is 55.2. The van der Waals surface area contributed by atoms with E-state index in [0.29, 0.717) is 17.4 Å². The summed E-state index contributed by atoms with van der Waals surface area (Å²) in [5, 5.41) is 11.8. The first kappa shape index (κ1) is 73.9. The van der Waals surface area contributed by atoms with Gasteiger partial charge in [-0.3, -0.25) is 9.59 Å². The van der Waals surface area contributed by atoms with Gasteiger partial charge in [0, 0.05) is 12.8 Å². The van der Waals surface area contributed by atoms with Gasteiger partial charge < -0.3 is 33.3 Å². The van der Waals surface area contributed by atoms with E-state index >= 15 is 0 Å². The van der Waals surface area contributed by atoms with Gasteiger partial charge in [-0.15, -0.1) is 0 Å². The molecule has 9 nitrogen and oxygen atoms in total. The minimum atomic E-state index is -1.64. The summed E-state index contributed by atoms with van der Waals surface area (Å²) in [6.45, 7) is 4.46. The predicted octanol–water partition coefficient (Wildman–Crippen LogP) is 17.2. The lowest BCUT2D eigenvalue weighted by atomic mass is 10.1. The van der Waals surface area contributed by atoms with E-state index in [9.17, 15) is 19.5 Å². The summed E-state index contributed by atoms with van der Waals surface area (Å²) in [6, 6.07) is 0. The Balaban J connectivity index is 4.34. The number of carbonyl (C=O) groups is 3. The van der Waals surface area contributed by atoms with Gasteiger partial charge in [-0.2, -0.15) is 0 Å². The summed E-state index contributed by atoms with van der Waals surface area (Å²) in [4.78, 5) is 37.4. The van der Waals surface area contributed by atoms with Gasteiger partial charge in [0.1, 0.15) is 13.2 Å². The van der Waals surface area contributed by atoms with Gasteiger partial charge in [-0.25, -0.2) is 0 Å². The maximum absolute atomic E-state index is 12.9. The van der Waals surface area contributed by atoms with Crippen molar-refractivity contribution in [2.45, 2.75) is 219 Å². The van der Waals surface area contributed by atoms with Gasteiger partial charge in [-0.05, 0) is 122 Å². The fourth-order valence-electron chi connectivity index (χ4n) is 7.64. The molecule has 0 spiro atoms. The van der Waals surface area contributed by atoms with Crippen LogP contribution in [0.15, 0.2) is 158 Å². The molecule has 0 amide bonds. The molecule has 2 unspecified atom stereocenters. The highest BCUT2D eigenvalue weighted by molar-refractivity contribution is 5.70. The molecule has 0 aromatic heterocycles. The van der Waals surface area contributed by atoms with Crippen molar-refractivity contribution in [3.8, 4) is 0 Å². The molecule has 0 N–H and O–H groups in total. The summed E-state index contributed by atoms with van der Waals surface area (Å²) in [7, 11) is 5.90. The molecular formula is C70H111NO8. The van der Waals surface area contributed by atoms with Crippen LogP contribution in [0.5, 0.6) is 0 Å². The number of aliphatic carboxylic acids is 1. The maximum atomic E-state index is 12.9. The second-order valence-electron chi connectivity index (χ2n) is 20.9. The molecule has 0 heterocycles. The zero-order valence-corrected chi connectivity index (χ0v) is 50.4. The van der Waals surface area contributed by atoms with E-state index in [1.54, 1.807) is 0 Å². The van der Waals surface area contributed by atoms with Crippen LogP contribution in [0.25, 0.3) is 0 Å².